The molecule has 1 fully saturated rings. The van der Waals surface area contributed by atoms with Gasteiger partial charge in [-0.05, 0) is 29.8 Å². The lowest BCUT2D eigenvalue weighted by molar-refractivity contribution is -0.142. The van der Waals surface area contributed by atoms with Crippen LogP contribution in [0.25, 0.3) is 0 Å². The summed E-state index contributed by atoms with van der Waals surface area (Å²) < 4.78 is 0. The van der Waals surface area contributed by atoms with Gasteiger partial charge in [-0.3, -0.25) is 14.5 Å². The maximum Gasteiger partial charge on any atom is 0.408 e. The maximum atomic E-state index is 12.5. The Morgan fingerprint density at radius 2 is 1.70 bits per heavy atom. The van der Waals surface area contributed by atoms with E-state index in [2.05, 4.69) is 10.6 Å². The largest absolute Gasteiger partial charge is 0.480 e. The molecule has 3 amide bonds. The summed E-state index contributed by atoms with van der Waals surface area (Å²) in [6.07, 6.45) is -1.26. The monoisotopic (exact) mass is 511 g/mol. The van der Waals surface area contributed by atoms with Crippen LogP contribution in [0.5, 0.6) is 0 Å². The number of hydrogen-bond donors (Lipinski definition) is 4. The number of hydrogen-bond acceptors (Lipinski definition) is 5. The Morgan fingerprint density at radius 3 is 2.27 bits per heavy atom. The van der Waals surface area contributed by atoms with Crippen LogP contribution in [0.1, 0.15) is 15.9 Å². The number of aliphatic carboxylic acids is 1. The van der Waals surface area contributed by atoms with E-state index in [9.17, 15) is 29.4 Å². The highest BCUT2D eigenvalue weighted by Crippen LogP contribution is 2.25. The van der Waals surface area contributed by atoms with Gasteiger partial charge in [0.2, 0.25) is 5.91 Å². The molecule has 0 spiro atoms. The van der Waals surface area contributed by atoms with Gasteiger partial charge in [-0.25, -0.2) is 9.59 Å². The second-order valence-electron chi connectivity index (χ2n) is 7.12. The molecule has 1 saturated heterocycles. The molecule has 0 unspecified atom stereocenters. The summed E-state index contributed by atoms with van der Waals surface area (Å²) in [6.45, 7) is 0. The topological polar surface area (TPSA) is 136 Å². The van der Waals surface area contributed by atoms with Gasteiger partial charge in [0.25, 0.3) is 5.91 Å². The minimum atomic E-state index is -1.25. The summed E-state index contributed by atoms with van der Waals surface area (Å²) in [5.41, 5.74) is 1.17. The number of carboxylic acid groups (broad SMARTS) is 2. The Morgan fingerprint density at radius 1 is 1.06 bits per heavy atom. The molecule has 1 aliphatic rings. The van der Waals surface area contributed by atoms with E-state index in [1.54, 1.807) is 42.5 Å². The van der Waals surface area contributed by atoms with Crippen molar-refractivity contribution in [3.63, 3.8) is 0 Å². The van der Waals surface area contributed by atoms with Gasteiger partial charge in [0.1, 0.15) is 12.1 Å². The fourth-order valence-corrected chi connectivity index (χ4v) is 4.90. The maximum absolute atomic E-state index is 12.5. The molecule has 1 aliphatic heterocycles. The Bertz CT molecular complexity index is 1060. The van der Waals surface area contributed by atoms with Crippen LogP contribution in [0.3, 0.4) is 0 Å². The predicted molar refractivity (Wildman–Crippen MR) is 125 cm³/mol. The standard InChI is InChI=1S/C21H19Cl2N3O6S/c22-13-2-1-3-14(23)17(13)19(28)24-12-6-4-11(5-7-12)8-15(20(29)30)25-18(27)16-9-33-10-26(16)21(31)32/h1-7,15-16H,8-10H2,(H,24,28)(H,25,27)(H,29,30)(H,31,32)/t15-,16-/m0/s1. The molecule has 0 radical (unpaired) electrons. The summed E-state index contributed by atoms with van der Waals surface area (Å²) in [6, 6.07) is 8.92. The first-order valence-electron chi connectivity index (χ1n) is 9.62. The molecular weight excluding hydrogens is 493 g/mol. The van der Waals surface area contributed by atoms with Crippen molar-refractivity contribution in [1.82, 2.24) is 10.2 Å². The molecule has 3 rings (SSSR count). The van der Waals surface area contributed by atoms with Crippen molar-refractivity contribution in [3.05, 3.63) is 63.6 Å². The number of benzene rings is 2. The van der Waals surface area contributed by atoms with Crippen molar-refractivity contribution in [3.8, 4) is 0 Å². The fourth-order valence-electron chi connectivity index (χ4n) is 3.18. The van der Waals surface area contributed by atoms with E-state index in [0.29, 0.717) is 11.3 Å². The van der Waals surface area contributed by atoms with Crippen LogP contribution in [0.2, 0.25) is 10.0 Å². The molecule has 1 heterocycles. The average molecular weight is 512 g/mol. The number of anilines is 1. The van der Waals surface area contributed by atoms with E-state index in [-0.39, 0.29) is 33.7 Å². The lowest BCUT2D eigenvalue weighted by atomic mass is 10.0. The van der Waals surface area contributed by atoms with Crippen LogP contribution in [0, 0.1) is 0 Å². The van der Waals surface area contributed by atoms with E-state index >= 15 is 0 Å². The second kappa shape index (κ2) is 10.8. The van der Waals surface area contributed by atoms with E-state index < -0.39 is 36.0 Å². The van der Waals surface area contributed by atoms with E-state index in [1.165, 1.54) is 11.8 Å². The number of rotatable bonds is 7. The number of thioether (sulfide) groups is 1. The molecule has 12 heteroatoms. The molecule has 0 aromatic heterocycles. The summed E-state index contributed by atoms with van der Waals surface area (Å²) in [4.78, 5) is 48.8. The van der Waals surface area contributed by atoms with Gasteiger partial charge in [-0.1, -0.05) is 41.4 Å². The number of carbonyl (C=O) groups is 4. The summed E-state index contributed by atoms with van der Waals surface area (Å²) in [5, 5.41) is 24.2. The first-order valence-corrected chi connectivity index (χ1v) is 11.5. The van der Waals surface area contributed by atoms with Gasteiger partial charge in [0.05, 0.1) is 21.5 Å². The third kappa shape index (κ3) is 6.10. The van der Waals surface area contributed by atoms with Gasteiger partial charge in [0.15, 0.2) is 0 Å². The van der Waals surface area contributed by atoms with E-state index in [0.717, 1.165) is 4.90 Å². The van der Waals surface area contributed by atoms with Crippen LogP contribution >= 0.6 is 35.0 Å². The highest BCUT2D eigenvalue weighted by Gasteiger charge is 2.36. The quantitative estimate of drug-likeness (QED) is 0.447. The number of carbonyl (C=O) groups excluding carboxylic acids is 2. The number of amides is 3. The summed E-state index contributed by atoms with van der Waals surface area (Å²) >= 11 is 13.4. The Hall–Kier alpha value is -2.95. The number of halogens is 2. The minimum absolute atomic E-state index is 0.0292. The SMILES string of the molecule is O=C(Nc1ccc(C[C@H](NC(=O)[C@@H]2CSCN2C(=O)O)C(=O)O)cc1)c1c(Cl)cccc1Cl. The molecular formula is C21H19Cl2N3O6S. The Balaban J connectivity index is 1.64. The van der Waals surface area contributed by atoms with E-state index in [1.807, 2.05) is 0 Å². The zero-order valence-electron chi connectivity index (χ0n) is 17.0. The first-order chi connectivity index (χ1) is 15.7. The van der Waals surface area contributed by atoms with Crippen molar-refractivity contribution in [2.45, 2.75) is 18.5 Å². The van der Waals surface area contributed by atoms with Gasteiger partial charge >= 0.3 is 12.1 Å². The van der Waals surface area contributed by atoms with Crippen molar-refractivity contribution in [1.29, 1.82) is 0 Å². The zero-order valence-corrected chi connectivity index (χ0v) is 19.3. The molecule has 2 aromatic rings. The molecule has 4 N–H and O–H groups in total. The van der Waals surface area contributed by atoms with E-state index in [4.69, 9.17) is 23.2 Å². The molecule has 33 heavy (non-hydrogen) atoms. The Kier molecular flexibility index (Phi) is 8.06. The molecule has 2 aromatic carbocycles. The van der Waals surface area contributed by atoms with Crippen molar-refractivity contribution < 1.29 is 29.4 Å². The predicted octanol–water partition coefficient (Wildman–Crippen LogP) is 3.41. The minimum Gasteiger partial charge on any atom is -0.480 e. The number of nitrogens with zero attached hydrogens (tertiary/aromatic N) is 1. The third-order valence-electron chi connectivity index (χ3n) is 4.89. The van der Waals surface area contributed by atoms with Crippen LogP contribution < -0.4 is 10.6 Å². The van der Waals surface area contributed by atoms with Crippen LogP contribution in [-0.4, -0.2) is 62.7 Å². The smallest absolute Gasteiger partial charge is 0.408 e. The first kappa shape index (κ1) is 24.7. The van der Waals surface area contributed by atoms with Gasteiger partial charge in [0, 0.05) is 17.9 Å². The average Bonchev–Trinajstić information content (AvgIpc) is 3.25. The second-order valence-corrected chi connectivity index (χ2v) is 8.93. The zero-order chi connectivity index (χ0) is 24.1. The van der Waals surface area contributed by atoms with Crippen molar-refractivity contribution in [2.24, 2.45) is 0 Å². The lowest BCUT2D eigenvalue weighted by Crippen LogP contribution is -2.52. The molecule has 9 nitrogen and oxygen atoms in total. The number of carboxylic acids is 1. The lowest BCUT2D eigenvalue weighted by Gasteiger charge is -2.22. The molecule has 2 atom stereocenters. The Labute approximate surface area is 203 Å². The highest BCUT2D eigenvalue weighted by atomic mass is 35.5. The normalized spacial score (nSPS) is 16.2. The highest BCUT2D eigenvalue weighted by molar-refractivity contribution is 7.99. The van der Waals surface area contributed by atoms with Crippen LogP contribution in [0.4, 0.5) is 10.5 Å². The van der Waals surface area contributed by atoms with Crippen LogP contribution in [0.15, 0.2) is 42.5 Å². The third-order valence-corrected chi connectivity index (χ3v) is 6.53. The molecule has 174 valence electrons. The van der Waals surface area contributed by atoms with Gasteiger partial charge < -0.3 is 20.8 Å². The molecule has 0 aliphatic carbocycles. The number of nitrogens with one attached hydrogen (secondary N) is 2. The molecule has 0 bridgehead atoms. The fraction of sp³-hybridized carbons (Fsp3) is 0.238. The van der Waals surface area contributed by atoms with Crippen molar-refractivity contribution in [2.75, 3.05) is 16.9 Å². The summed E-state index contributed by atoms with van der Waals surface area (Å²) in [5.74, 6) is -1.99. The van der Waals surface area contributed by atoms with Gasteiger partial charge in [-0.2, -0.15) is 0 Å². The molecule has 0 saturated carbocycles. The van der Waals surface area contributed by atoms with Crippen molar-refractivity contribution >= 4 is 64.5 Å². The van der Waals surface area contributed by atoms with Crippen LogP contribution in [-0.2, 0) is 16.0 Å². The van der Waals surface area contributed by atoms with Gasteiger partial charge in [-0.15, -0.1) is 11.8 Å². The summed E-state index contributed by atoms with van der Waals surface area (Å²) in [7, 11) is 0.